The zero-order valence-electron chi connectivity index (χ0n) is 16.2. The van der Waals surface area contributed by atoms with E-state index in [2.05, 4.69) is 29.7 Å². The molecule has 1 aromatic carbocycles. The molecule has 1 aliphatic heterocycles. The molecule has 1 atom stereocenters. The number of piperazine rings is 1. The Morgan fingerprint density at radius 2 is 1.79 bits per heavy atom. The van der Waals surface area contributed by atoms with Gasteiger partial charge in [-0.05, 0) is 31.8 Å². The number of halogens is 2. The number of nitrogens with zero attached hydrogens (tertiary/aromatic N) is 6. The third-order valence-corrected chi connectivity index (χ3v) is 5.10. The summed E-state index contributed by atoms with van der Waals surface area (Å²) in [5, 5.41) is 0.751. The molecule has 1 aliphatic rings. The highest BCUT2D eigenvalue weighted by molar-refractivity contribution is 14.0. The van der Waals surface area contributed by atoms with E-state index >= 15 is 0 Å². The lowest BCUT2D eigenvalue weighted by molar-refractivity contribution is 0.304. The Kier molecular flexibility index (Phi) is 8.71. The summed E-state index contributed by atoms with van der Waals surface area (Å²) < 4.78 is 0. The van der Waals surface area contributed by atoms with Gasteiger partial charge in [0.1, 0.15) is 0 Å². The molecule has 1 saturated heterocycles. The second-order valence-corrected chi connectivity index (χ2v) is 7.13. The van der Waals surface area contributed by atoms with Crippen molar-refractivity contribution in [1.82, 2.24) is 19.8 Å². The molecule has 152 valence electrons. The first-order chi connectivity index (χ1) is 13.1. The van der Waals surface area contributed by atoms with Crippen LogP contribution in [0.25, 0.3) is 0 Å². The van der Waals surface area contributed by atoms with Crippen molar-refractivity contribution in [2.45, 2.75) is 6.04 Å². The van der Waals surface area contributed by atoms with E-state index in [-0.39, 0.29) is 30.0 Å². The van der Waals surface area contributed by atoms with Crippen LogP contribution in [0, 0.1) is 0 Å². The number of aromatic nitrogens is 2. The summed E-state index contributed by atoms with van der Waals surface area (Å²) in [6.07, 6.45) is 3.53. The standard InChI is InChI=1S/C19H26ClN7.HI/c1-25(2)17(15-6-3-4-7-16(15)20)14-24-18(21)26-10-12-27(13-11-26)19-22-8-5-9-23-19;/h3-9,17H,10-14H2,1-2H3,(H2,21,24);1H. The smallest absolute Gasteiger partial charge is 0.225 e. The van der Waals surface area contributed by atoms with E-state index in [1.165, 1.54) is 0 Å². The van der Waals surface area contributed by atoms with Gasteiger partial charge in [0.2, 0.25) is 5.95 Å². The number of nitrogens with two attached hydrogens (primary N) is 1. The van der Waals surface area contributed by atoms with Gasteiger partial charge < -0.3 is 20.4 Å². The average molecular weight is 516 g/mol. The largest absolute Gasteiger partial charge is 0.370 e. The molecule has 7 nitrogen and oxygen atoms in total. The Morgan fingerprint density at radius 3 is 2.39 bits per heavy atom. The van der Waals surface area contributed by atoms with Gasteiger partial charge in [-0.3, -0.25) is 4.99 Å². The van der Waals surface area contributed by atoms with Crippen molar-refractivity contribution in [3.8, 4) is 0 Å². The van der Waals surface area contributed by atoms with Crippen LogP contribution in [-0.4, -0.2) is 72.5 Å². The first-order valence-corrected chi connectivity index (χ1v) is 9.41. The number of hydrogen-bond donors (Lipinski definition) is 1. The van der Waals surface area contributed by atoms with E-state index in [4.69, 9.17) is 17.3 Å². The number of anilines is 1. The summed E-state index contributed by atoms with van der Waals surface area (Å²) in [6, 6.07) is 9.78. The van der Waals surface area contributed by atoms with Gasteiger partial charge >= 0.3 is 0 Å². The number of aliphatic imine (C=N–C) groups is 1. The quantitative estimate of drug-likeness (QED) is 0.375. The topological polar surface area (TPSA) is 73.9 Å². The average Bonchev–Trinajstić information content (AvgIpc) is 2.70. The maximum absolute atomic E-state index is 6.37. The molecule has 0 spiro atoms. The van der Waals surface area contributed by atoms with Gasteiger partial charge in [0.25, 0.3) is 0 Å². The highest BCUT2D eigenvalue weighted by Gasteiger charge is 2.21. The van der Waals surface area contributed by atoms with Crippen molar-refractivity contribution in [3.05, 3.63) is 53.3 Å². The van der Waals surface area contributed by atoms with Crippen molar-refractivity contribution in [1.29, 1.82) is 0 Å². The van der Waals surface area contributed by atoms with E-state index < -0.39 is 0 Å². The Morgan fingerprint density at radius 1 is 1.14 bits per heavy atom. The first-order valence-electron chi connectivity index (χ1n) is 9.04. The first kappa shape index (κ1) is 22.6. The molecule has 0 amide bonds. The minimum absolute atomic E-state index is 0. The van der Waals surface area contributed by atoms with Gasteiger partial charge in [0.05, 0.1) is 12.6 Å². The summed E-state index contributed by atoms with van der Waals surface area (Å²) >= 11 is 6.37. The van der Waals surface area contributed by atoms with Crippen LogP contribution in [0.4, 0.5) is 5.95 Å². The number of guanidine groups is 1. The van der Waals surface area contributed by atoms with Crippen molar-refractivity contribution in [2.24, 2.45) is 10.7 Å². The molecule has 2 heterocycles. The van der Waals surface area contributed by atoms with Crippen LogP contribution in [0.2, 0.25) is 5.02 Å². The molecule has 28 heavy (non-hydrogen) atoms. The van der Waals surface area contributed by atoms with Gasteiger partial charge in [0.15, 0.2) is 5.96 Å². The molecule has 0 saturated carbocycles. The van der Waals surface area contributed by atoms with Gasteiger partial charge in [-0.2, -0.15) is 0 Å². The van der Waals surface area contributed by atoms with Gasteiger partial charge in [-0.15, -0.1) is 24.0 Å². The molecular weight excluding hydrogens is 489 g/mol. The van der Waals surface area contributed by atoms with Crippen molar-refractivity contribution >= 4 is 47.5 Å². The number of benzene rings is 1. The maximum atomic E-state index is 6.37. The van der Waals surface area contributed by atoms with Crippen LogP contribution in [-0.2, 0) is 0 Å². The molecule has 2 N–H and O–H groups in total. The fourth-order valence-corrected chi connectivity index (χ4v) is 3.42. The van der Waals surface area contributed by atoms with Crippen molar-refractivity contribution in [2.75, 3.05) is 51.7 Å². The maximum Gasteiger partial charge on any atom is 0.225 e. The van der Waals surface area contributed by atoms with Crippen LogP contribution < -0.4 is 10.6 Å². The van der Waals surface area contributed by atoms with Gasteiger partial charge in [0, 0.05) is 43.6 Å². The highest BCUT2D eigenvalue weighted by atomic mass is 127. The van der Waals surface area contributed by atoms with E-state index in [0.717, 1.165) is 42.7 Å². The molecular formula is C19H27ClIN7. The summed E-state index contributed by atoms with van der Waals surface area (Å²) in [4.78, 5) is 19.7. The van der Waals surface area contributed by atoms with Crippen molar-refractivity contribution < 1.29 is 0 Å². The number of hydrogen-bond acceptors (Lipinski definition) is 5. The van der Waals surface area contributed by atoms with Crippen LogP contribution in [0.15, 0.2) is 47.7 Å². The van der Waals surface area contributed by atoms with Gasteiger partial charge in [-0.1, -0.05) is 29.8 Å². The van der Waals surface area contributed by atoms with Crippen LogP contribution >= 0.6 is 35.6 Å². The molecule has 1 aromatic heterocycles. The molecule has 1 unspecified atom stereocenters. The summed E-state index contributed by atoms with van der Waals surface area (Å²) in [6.45, 7) is 3.80. The molecule has 0 bridgehead atoms. The molecule has 9 heteroatoms. The monoisotopic (exact) mass is 515 g/mol. The molecule has 1 fully saturated rings. The van der Waals surface area contributed by atoms with E-state index in [1.807, 2.05) is 44.4 Å². The molecule has 0 aliphatic carbocycles. The molecule has 2 aromatic rings. The van der Waals surface area contributed by atoms with Gasteiger partial charge in [-0.25, -0.2) is 9.97 Å². The molecule has 3 rings (SSSR count). The lowest BCUT2D eigenvalue weighted by Crippen LogP contribution is -2.51. The van der Waals surface area contributed by atoms with E-state index in [9.17, 15) is 0 Å². The normalized spacial score (nSPS) is 16.1. The minimum atomic E-state index is 0. The Labute approximate surface area is 188 Å². The van der Waals surface area contributed by atoms with Crippen LogP contribution in [0.3, 0.4) is 0 Å². The minimum Gasteiger partial charge on any atom is -0.370 e. The Balaban J connectivity index is 0.00000280. The lowest BCUT2D eigenvalue weighted by Gasteiger charge is -2.35. The summed E-state index contributed by atoms with van der Waals surface area (Å²) in [5.41, 5.74) is 7.33. The second kappa shape index (κ2) is 10.8. The van der Waals surface area contributed by atoms with E-state index in [0.29, 0.717) is 12.5 Å². The summed E-state index contributed by atoms with van der Waals surface area (Å²) in [7, 11) is 4.05. The Bertz CT molecular complexity index is 764. The van der Waals surface area contributed by atoms with Crippen LogP contribution in [0.5, 0.6) is 0 Å². The van der Waals surface area contributed by atoms with Crippen LogP contribution in [0.1, 0.15) is 11.6 Å². The van der Waals surface area contributed by atoms with Crippen molar-refractivity contribution in [3.63, 3.8) is 0 Å². The number of likely N-dealkylation sites (N-methyl/N-ethyl adjacent to an activating group) is 1. The Hall–Kier alpha value is -1.65. The highest BCUT2D eigenvalue weighted by Crippen LogP contribution is 2.26. The third-order valence-electron chi connectivity index (χ3n) is 4.75. The fourth-order valence-electron chi connectivity index (χ4n) is 3.16. The second-order valence-electron chi connectivity index (χ2n) is 6.72. The number of rotatable bonds is 5. The fraction of sp³-hybridized carbons (Fsp3) is 0.421. The SMILES string of the molecule is CN(C)C(CN=C(N)N1CCN(c2ncccn2)CC1)c1ccccc1Cl.I. The molecule has 0 radical (unpaired) electrons. The van der Waals surface area contributed by atoms with E-state index in [1.54, 1.807) is 12.4 Å². The zero-order chi connectivity index (χ0) is 19.2. The third kappa shape index (κ3) is 5.68. The zero-order valence-corrected chi connectivity index (χ0v) is 19.3. The predicted molar refractivity (Wildman–Crippen MR) is 126 cm³/mol. The predicted octanol–water partition coefficient (Wildman–Crippen LogP) is 2.49. The lowest BCUT2D eigenvalue weighted by atomic mass is 10.1. The summed E-state index contributed by atoms with van der Waals surface area (Å²) in [5.74, 6) is 1.33.